The highest BCUT2D eigenvalue weighted by Gasteiger charge is 2.31. The van der Waals surface area contributed by atoms with Crippen molar-refractivity contribution in [3.63, 3.8) is 0 Å². The second-order valence-corrected chi connectivity index (χ2v) is 5.38. The van der Waals surface area contributed by atoms with E-state index in [1.165, 1.54) is 0 Å². The Morgan fingerprint density at radius 2 is 2.11 bits per heavy atom. The number of nitrogens with zero attached hydrogens (tertiary/aromatic N) is 3. The molecule has 2 rings (SSSR count). The van der Waals surface area contributed by atoms with Crippen molar-refractivity contribution in [2.24, 2.45) is 5.41 Å². The average Bonchev–Trinajstić information content (AvgIpc) is 2.78. The van der Waals surface area contributed by atoms with Crippen LogP contribution < -0.4 is 5.73 Å². The Labute approximate surface area is 112 Å². The highest BCUT2D eigenvalue weighted by atomic mass is 16.5. The first kappa shape index (κ1) is 13.5. The lowest BCUT2D eigenvalue weighted by Crippen LogP contribution is -2.21. The molecule has 0 amide bonds. The zero-order chi connectivity index (χ0) is 14.0. The topological polar surface area (TPSA) is 87.1 Å². The van der Waals surface area contributed by atoms with Crippen LogP contribution in [0.1, 0.15) is 32.7 Å². The van der Waals surface area contributed by atoms with E-state index in [9.17, 15) is 0 Å². The lowest BCUT2D eigenvalue weighted by atomic mass is 9.88. The maximum atomic E-state index is 5.83. The molecule has 0 radical (unpaired) electrons. The average molecular weight is 262 g/mol. The molecule has 1 atom stereocenters. The molecule has 6 heteroatoms. The van der Waals surface area contributed by atoms with Crippen LogP contribution in [0, 0.1) is 5.41 Å². The smallest absolute Gasteiger partial charge is 0.278 e. The number of pyridine rings is 1. The third-order valence-electron chi connectivity index (χ3n) is 2.74. The normalized spacial score (nSPS) is 13.5. The van der Waals surface area contributed by atoms with E-state index in [0.717, 1.165) is 0 Å². The molecule has 0 spiro atoms. The summed E-state index contributed by atoms with van der Waals surface area (Å²) in [4.78, 5) is 8.48. The molecule has 0 aliphatic heterocycles. The molecular formula is C13H18N4O2. The number of nitrogen functional groups attached to an aromatic ring is 1. The zero-order valence-corrected chi connectivity index (χ0v) is 11.5. The van der Waals surface area contributed by atoms with Crippen molar-refractivity contribution >= 4 is 5.69 Å². The summed E-state index contributed by atoms with van der Waals surface area (Å²) in [6.07, 6.45) is 1.38. The molecule has 2 aromatic rings. The van der Waals surface area contributed by atoms with Gasteiger partial charge >= 0.3 is 0 Å². The van der Waals surface area contributed by atoms with Gasteiger partial charge in [-0.25, -0.2) is 4.98 Å². The molecule has 6 nitrogen and oxygen atoms in total. The molecule has 19 heavy (non-hydrogen) atoms. The van der Waals surface area contributed by atoms with E-state index in [1.807, 2.05) is 20.8 Å². The summed E-state index contributed by atoms with van der Waals surface area (Å²) in [5, 5.41) is 3.96. The van der Waals surface area contributed by atoms with E-state index in [2.05, 4.69) is 15.1 Å². The summed E-state index contributed by atoms with van der Waals surface area (Å²) in [7, 11) is 1.63. The summed E-state index contributed by atoms with van der Waals surface area (Å²) < 4.78 is 10.7. The van der Waals surface area contributed by atoms with E-state index in [4.69, 9.17) is 15.0 Å². The van der Waals surface area contributed by atoms with Crippen LogP contribution in [0.25, 0.3) is 11.6 Å². The molecule has 0 aromatic carbocycles. The molecule has 2 aromatic heterocycles. The van der Waals surface area contributed by atoms with Gasteiger partial charge in [0.15, 0.2) is 5.69 Å². The minimum absolute atomic E-state index is 0.133. The number of hydrogen-bond acceptors (Lipinski definition) is 6. The molecule has 0 aliphatic rings. The third kappa shape index (κ3) is 2.73. The second kappa shape index (κ2) is 4.97. The molecule has 0 fully saturated rings. The lowest BCUT2D eigenvalue weighted by molar-refractivity contribution is 0.00718. The lowest BCUT2D eigenvalue weighted by Gasteiger charge is -2.26. The van der Waals surface area contributed by atoms with Gasteiger partial charge in [-0.1, -0.05) is 25.9 Å². The molecule has 2 N–H and O–H groups in total. The Bertz CT molecular complexity index is 560. The van der Waals surface area contributed by atoms with Crippen molar-refractivity contribution in [1.82, 2.24) is 15.1 Å². The quantitative estimate of drug-likeness (QED) is 0.914. The van der Waals surface area contributed by atoms with E-state index >= 15 is 0 Å². The van der Waals surface area contributed by atoms with Crippen molar-refractivity contribution in [2.45, 2.75) is 26.9 Å². The van der Waals surface area contributed by atoms with Crippen LogP contribution >= 0.6 is 0 Å². The third-order valence-corrected chi connectivity index (χ3v) is 2.74. The number of hydrogen-bond donors (Lipinski definition) is 1. The van der Waals surface area contributed by atoms with Crippen molar-refractivity contribution < 1.29 is 9.26 Å². The minimum atomic E-state index is -0.255. The number of rotatable bonds is 3. The van der Waals surface area contributed by atoms with Gasteiger partial charge in [-0.3, -0.25) is 0 Å². The van der Waals surface area contributed by atoms with E-state index in [0.29, 0.717) is 23.1 Å². The number of nitrogens with two attached hydrogens (primary N) is 1. The van der Waals surface area contributed by atoms with Gasteiger partial charge in [-0.05, 0) is 17.5 Å². The predicted octanol–water partition coefficient (Wildman–Crippen LogP) is 2.45. The first-order chi connectivity index (χ1) is 8.93. The molecule has 2 heterocycles. The number of methoxy groups -OCH3 is 1. The van der Waals surface area contributed by atoms with E-state index in [-0.39, 0.29) is 11.5 Å². The van der Waals surface area contributed by atoms with Gasteiger partial charge < -0.3 is 15.0 Å². The van der Waals surface area contributed by atoms with Crippen LogP contribution in [-0.4, -0.2) is 22.2 Å². The first-order valence-electron chi connectivity index (χ1n) is 6.00. The van der Waals surface area contributed by atoms with Gasteiger partial charge in [-0.15, -0.1) is 0 Å². The van der Waals surface area contributed by atoms with Gasteiger partial charge in [0, 0.05) is 13.3 Å². The highest BCUT2D eigenvalue weighted by Crippen LogP contribution is 2.34. The molecule has 0 bridgehead atoms. The number of anilines is 1. The standard InChI is InChI=1S/C13H18N4O2/c1-13(2,3)10(18-4)11-16-12(19-17-11)9-8(14)6-5-7-15-9/h5-7,10H,14H2,1-4H3. The van der Waals surface area contributed by atoms with Crippen LogP contribution in [0.5, 0.6) is 0 Å². The Morgan fingerprint density at radius 3 is 2.68 bits per heavy atom. The summed E-state index contributed by atoms with van der Waals surface area (Å²) in [6.45, 7) is 6.14. The fourth-order valence-electron chi connectivity index (χ4n) is 1.88. The molecule has 0 aliphatic carbocycles. The maximum absolute atomic E-state index is 5.83. The molecule has 0 saturated carbocycles. The maximum Gasteiger partial charge on any atom is 0.278 e. The Kier molecular flexibility index (Phi) is 3.53. The Hall–Kier alpha value is -1.95. The molecule has 1 unspecified atom stereocenters. The van der Waals surface area contributed by atoms with Gasteiger partial charge in [0.25, 0.3) is 5.89 Å². The minimum Gasteiger partial charge on any atom is -0.397 e. The van der Waals surface area contributed by atoms with Crippen LogP contribution in [0.2, 0.25) is 0 Å². The second-order valence-electron chi connectivity index (χ2n) is 5.38. The molecule has 102 valence electrons. The van der Waals surface area contributed by atoms with Crippen LogP contribution in [0.15, 0.2) is 22.9 Å². The van der Waals surface area contributed by atoms with Crippen LogP contribution in [0.4, 0.5) is 5.69 Å². The summed E-state index contributed by atoms with van der Waals surface area (Å²) in [5.74, 6) is 0.800. The molecular weight excluding hydrogens is 244 g/mol. The van der Waals surface area contributed by atoms with Gasteiger partial charge in [0.2, 0.25) is 5.82 Å². The first-order valence-corrected chi connectivity index (χ1v) is 6.00. The van der Waals surface area contributed by atoms with Gasteiger partial charge in [0.05, 0.1) is 5.69 Å². The van der Waals surface area contributed by atoms with E-state index < -0.39 is 0 Å². The Balaban J connectivity index is 2.37. The summed E-state index contributed by atoms with van der Waals surface area (Å²) >= 11 is 0. The number of ether oxygens (including phenoxy) is 1. The van der Waals surface area contributed by atoms with Crippen LogP contribution in [-0.2, 0) is 4.74 Å². The fourth-order valence-corrected chi connectivity index (χ4v) is 1.88. The predicted molar refractivity (Wildman–Crippen MR) is 71.1 cm³/mol. The van der Waals surface area contributed by atoms with Crippen molar-refractivity contribution in [3.05, 3.63) is 24.2 Å². The van der Waals surface area contributed by atoms with Crippen LogP contribution in [0.3, 0.4) is 0 Å². The van der Waals surface area contributed by atoms with Crippen molar-refractivity contribution in [1.29, 1.82) is 0 Å². The summed E-state index contributed by atoms with van der Waals surface area (Å²) in [5.41, 5.74) is 6.69. The van der Waals surface area contributed by atoms with Crippen molar-refractivity contribution in [2.75, 3.05) is 12.8 Å². The highest BCUT2D eigenvalue weighted by molar-refractivity contribution is 5.65. The van der Waals surface area contributed by atoms with Gasteiger partial charge in [-0.2, -0.15) is 4.98 Å². The SMILES string of the molecule is COC(c1noc(-c2ncccc2N)n1)C(C)(C)C. The Morgan fingerprint density at radius 1 is 1.37 bits per heavy atom. The monoisotopic (exact) mass is 262 g/mol. The summed E-state index contributed by atoms with van der Waals surface area (Å²) in [6, 6.07) is 3.49. The van der Waals surface area contributed by atoms with Gasteiger partial charge in [0.1, 0.15) is 6.10 Å². The number of aromatic nitrogens is 3. The van der Waals surface area contributed by atoms with Crippen molar-refractivity contribution in [3.8, 4) is 11.6 Å². The molecule has 0 saturated heterocycles. The largest absolute Gasteiger partial charge is 0.397 e. The zero-order valence-electron chi connectivity index (χ0n) is 11.5. The fraction of sp³-hybridized carbons (Fsp3) is 0.462. The van der Waals surface area contributed by atoms with E-state index in [1.54, 1.807) is 25.4 Å².